The third kappa shape index (κ3) is 3.94. The van der Waals surface area contributed by atoms with Crippen molar-refractivity contribution >= 4 is 23.6 Å². The van der Waals surface area contributed by atoms with Crippen LogP contribution in [0.3, 0.4) is 0 Å². The van der Waals surface area contributed by atoms with E-state index in [4.69, 9.17) is 5.11 Å². The number of carbonyl (C=O) groups excluding carboxylic acids is 1. The lowest BCUT2D eigenvalue weighted by Gasteiger charge is -2.04. The third-order valence-electron chi connectivity index (χ3n) is 1.94. The standard InChI is InChI=1S/C11H13NO3S/c1-16-7-10(13)12-6-8-3-2-4-9(5-8)11(14)15/h2-5H,6-7H2,1H3,(H,12,13)(H,14,15). The molecule has 0 saturated heterocycles. The maximum atomic E-state index is 11.2. The highest BCUT2D eigenvalue weighted by atomic mass is 32.2. The van der Waals surface area contributed by atoms with Crippen molar-refractivity contribution in [1.82, 2.24) is 5.32 Å². The number of carboxylic acids is 1. The fourth-order valence-corrected chi connectivity index (χ4v) is 1.56. The van der Waals surface area contributed by atoms with Crippen LogP contribution in [0.1, 0.15) is 15.9 Å². The summed E-state index contributed by atoms with van der Waals surface area (Å²) in [5, 5.41) is 11.5. The van der Waals surface area contributed by atoms with E-state index < -0.39 is 5.97 Å². The van der Waals surface area contributed by atoms with Crippen molar-refractivity contribution in [2.24, 2.45) is 0 Å². The highest BCUT2D eigenvalue weighted by Gasteiger charge is 2.04. The molecular formula is C11H13NO3S. The first kappa shape index (κ1) is 12.6. The van der Waals surface area contributed by atoms with Gasteiger partial charge >= 0.3 is 5.97 Å². The van der Waals surface area contributed by atoms with Gasteiger partial charge in [0.05, 0.1) is 11.3 Å². The lowest BCUT2D eigenvalue weighted by molar-refractivity contribution is -0.118. The number of hydrogen-bond donors (Lipinski definition) is 2. The first-order valence-electron chi connectivity index (χ1n) is 4.71. The number of thioether (sulfide) groups is 1. The van der Waals surface area contributed by atoms with Gasteiger partial charge in [-0.1, -0.05) is 12.1 Å². The van der Waals surface area contributed by atoms with Gasteiger partial charge in [-0.2, -0.15) is 11.8 Å². The summed E-state index contributed by atoms with van der Waals surface area (Å²) in [6.07, 6.45) is 1.85. The summed E-state index contributed by atoms with van der Waals surface area (Å²) >= 11 is 1.45. The molecule has 0 aromatic heterocycles. The maximum absolute atomic E-state index is 11.2. The second kappa shape index (κ2) is 6.17. The summed E-state index contributed by atoms with van der Waals surface area (Å²) in [4.78, 5) is 21.9. The molecule has 0 aliphatic rings. The van der Waals surface area contributed by atoms with E-state index >= 15 is 0 Å². The van der Waals surface area contributed by atoms with Gasteiger partial charge in [0.2, 0.25) is 5.91 Å². The largest absolute Gasteiger partial charge is 0.478 e. The van der Waals surface area contributed by atoms with Gasteiger partial charge in [-0.25, -0.2) is 4.79 Å². The van der Waals surface area contributed by atoms with Gasteiger partial charge < -0.3 is 10.4 Å². The number of carbonyl (C=O) groups is 2. The number of aromatic carboxylic acids is 1. The zero-order valence-electron chi connectivity index (χ0n) is 8.90. The molecule has 0 saturated carbocycles. The quantitative estimate of drug-likeness (QED) is 0.814. The molecule has 86 valence electrons. The molecule has 0 radical (unpaired) electrons. The normalized spacial score (nSPS) is 9.81. The van der Waals surface area contributed by atoms with Crippen LogP contribution in [-0.2, 0) is 11.3 Å². The van der Waals surface area contributed by atoms with Gasteiger partial charge in [0.25, 0.3) is 0 Å². The first-order chi connectivity index (χ1) is 7.63. The Labute approximate surface area is 98.0 Å². The smallest absolute Gasteiger partial charge is 0.335 e. The van der Waals surface area contributed by atoms with Crippen molar-refractivity contribution < 1.29 is 14.7 Å². The molecule has 1 aromatic rings. The van der Waals surface area contributed by atoms with E-state index in [-0.39, 0.29) is 11.5 Å². The minimum absolute atomic E-state index is 0.0479. The number of carboxylic acid groups (broad SMARTS) is 1. The molecule has 0 bridgehead atoms. The van der Waals surface area contributed by atoms with Crippen molar-refractivity contribution in [2.75, 3.05) is 12.0 Å². The molecule has 0 heterocycles. The number of amides is 1. The lowest BCUT2D eigenvalue weighted by atomic mass is 10.1. The minimum Gasteiger partial charge on any atom is -0.478 e. The minimum atomic E-state index is -0.961. The first-order valence-corrected chi connectivity index (χ1v) is 6.10. The van der Waals surface area contributed by atoms with Crippen LogP contribution in [0.15, 0.2) is 24.3 Å². The Morgan fingerprint density at radius 1 is 1.44 bits per heavy atom. The van der Waals surface area contributed by atoms with Gasteiger partial charge in [0.15, 0.2) is 0 Å². The number of hydrogen-bond acceptors (Lipinski definition) is 3. The van der Waals surface area contributed by atoms with Crippen LogP contribution in [-0.4, -0.2) is 29.0 Å². The van der Waals surface area contributed by atoms with E-state index in [9.17, 15) is 9.59 Å². The highest BCUT2D eigenvalue weighted by molar-refractivity contribution is 7.99. The summed E-state index contributed by atoms with van der Waals surface area (Å²) in [7, 11) is 0. The van der Waals surface area contributed by atoms with Crippen LogP contribution in [0, 0.1) is 0 Å². The fourth-order valence-electron chi connectivity index (χ4n) is 1.20. The van der Waals surface area contributed by atoms with Gasteiger partial charge in [-0.05, 0) is 24.0 Å². The Hall–Kier alpha value is -1.49. The van der Waals surface area contributed by atoms with Crippen molar-refractivity contribution in [3.63, 3.8) is 0 Å². The molecule has 1 aromatic carbocycles. The SMILES string of the molecule is CSCC(=O)NCc1cccc(C(=O)O)c1. The molecule has 0 spiro atoms. The second-order valence-electron chi connectivity index (χ2n) is 3.22. The molecule has 2 N–H and O–H groups in total. The Bertz CT molecular complexity index is 393. The summed E-state index contributed by atoms with van der Waals surface area (Å²) in [6, 6.07) is 6.53. The van der Waals surface area contributed by atoms with Crippen LogP contribution < -0.4 is 5.32 Å². The van der Waals surface area contributed by atoms with Crippen LogP contribution in [0.4, 0.5) is 0 Å². The van der Waals surface area contributed by atoms with Gasteiger partial charge in [0, 0.05) is 6.54 Å². The Balaban J connectivity index is 2.57. The van der Waals surface area contributed by atoms with Crippen molar-refractivity contribution in [3.8, 4) is 0 Å². The zero-order chi connectivity index (χ0) is 12.0. The van der Waals surface area contributed by atoms with Gasteiger partial charge in [-0.15, -0.1) is 0 Å². The van der Waals surface area contributed by atoms with Crippen LogP contribution in [0.25, 0.3) is 0 Å². The second-order valence-corrected chi connectivity index (χ2v) is 4.08. The maximum Gasteiger partial charge on any atom is 0.335 e. The number of nitrogens with one attached hydrogen (secondary N) is 1. The molecule has 0 aliphatic heterocycles. The zero-order valence-corrected chi connectivity index (χ0v) is 9.71. The number of rotatable bonds is 5. The van der Waals surface area contributed by atoms with Crippen molar-refractivity contribution in [1.29, 1.82) is 0 Å². The van der Waals surface area contributed by atoms with Crippen LogP contribution >= 0.6 is 11.8 Å². The molecule has 16 heavy (non-hydrogen) atoms. The van der Waals surface area contributed by atoms with E-state index in [1.807, 2.05) is 6.26 Å². The predicted molar refractivity (Wildman–Crippen MR) is 63.6 cm³/mol. The molecule has 0 fully saturated rings. The molecule has 1 rings (SSSR count). The average molecular weight is 239 g/mol. The predicted octanol–water partition coefficient (Wildman–Crippen LogP) is 1.36. The Morgan fingerprint density at radius 3 is 2.81 bits per heavy atom. The molecule has 0 unspecified atom stereocenters. The van der Waals surface area contributed by atoms with Crippen molar-refractivity contribution in [2.45, 2.75) is 6.54 Å². The monoisotopic (exact) mass is 239 g/mol. The molecular weight excluding hydrogens is 226 g/mol. The van der Waals surface area contributed by atoms with E-state index in [0.717, 1.165) is 5.56 Å². The van der Waals surface area contributed by atoms with E-state index in [1.165, 1.54) is 17.8 Å². The summed E-state index contributed by atoms with van der Waals surface area (Å²) < 4.78 is 0. The molecule has 1 amide bonds. The summed E-state index contributed by atoms with van der Waals surface area (Å²) in [5.74, 6) is -0.593. The molecule has 0 atom stereocenters. The number of benzene rings is 1. The Morgan fingerprint density at radius 2 is 2.19 bits per heavy atom. The van der Waals surface area contributed by atoms with Crippen molar-refractivity contribution in [3.05, 3.63) is 35.4 Å². The summed E-state index contributed by atoms with van der Waals surface area (Å²) in [5.41, 5.74) is 1.02. The van der Waals surface area contributed by atoms with E-state index in [2.05, 4.69) is 5.32 Å². The third-order valence-corrected chi connectivity index (χ3v) is 2.49. The molecule has 0 aliphatic carbocycles. The van der Waals surface area contributed by atoms with E-state index in [0.29, 0.717) is 12.3 Å². The van der Waals surface area contributed by atoms with Gasteiger partial charge in [-0.3, -0.25) is 4.79 Å². The van der Waals surface area contributed by atoms with Crippen LogP contribution in [0.5, 0.6) is 0 Å². The summed E-state index contributed by atoms with van der Waals surface area (Å²) in [6.45, 7) is 0.362. The fraction of sp³-hybridized carbons (Fsp3) is 0.273. The Kier molecular flexibility index (Phi) is 4.85. The topological polar surface area (TPSA) is 66.4 Å². The van der Waals surface area contributed by atoms with Crippen LogP contribution in [0.2, 0.25) is 0 Å². The molecule has 4 nitrogen and oxygen atoms in total. The van der Waals surface area contributed by atoms with Gasteiger partial charge in [0.1, 0.15) is 0 Å². The van der Waals surface area contributed by atoms with E-state index in [1.54, 1.807) is 18.2 Å². The molecule has 5 heteroatoms. The lowest BCUT2D eigenvalue weighted by Crippen LogP contribution is -2.24. The average Bonchev–Trinajstić information content (AvgIpc) is 2.27. The highest BCUT2D eigenvalue weighted by Crippen LogP contribution is 2.05.